The van der Waals surface area contributed by atoms with Gasteiger partial charge in [0.1, 0.15) is 0 Å². The molecule has 0 saturated carbocycles. The van der Waals surface area contributed by atoms with Gasteiger partial charge in [-0.1, -0.05) is 19.1 Å². The first kappa shape index (κ1) is 33.4. The van der Waals surface area contributed by atoms with Crippen molar-refractivity contribution in [3.05, 3.63) is 65.2 Å². The minimum Gasteiger partial charge on any atom is -0.336 e. The highest BCUT2D eigenvalue weighted by atomic mass is 35.5. The SMILES string of the molecule is CCCN(CC1CCN(C(=O)NC(C)C)CC1)C(C)Cc1cccc(NC(=O)c2ccc(C(F)(F)F)cc2)c1.Cl. The third kappa shape index (κ3) is 10.0. The van der Waals surface area contributed by atoms with E-state index in [2.05, 4.69) is 29.4 Å². The molecule has 6 nitrogen and oxygen atoms in total. The molecule has 2 N–H and O–H groups in total. The summed E-state index contributed by atoms with van der Waals surface area (Å²) in [5.74, 6) is 0.0893. The highest BCUT2D eigenvalue weighted by molar-refractivity contribution is 6.04. The number of urea groups is 1. The Morgan fingerprint density at radius 1 is 1.05 bits per heavy atom. The zero-order valence-electron chi connectivity index (χ0n) is 23.8. The van der Waals surface area contributed by atoms with Crippen molar-refractivity contribution in [2.24, 2.45) is 5.92 Å². The van der Waals surface area contributed by atoms with Crippen molar-refractivity contribution in [1.82, 2.24) is 15.1 Å². The number of hydrogen-bond donors (Lipinski definition) is 2. The summed E-state index contributed by atoms with van der Waals surface area (Å²) >= 11 is 0. The van der Waals surface area contributed by atoms with Crippen molar-refractivity contribution < 1.29 is 22.8 Å². The summed E-state index contributed by atoms with van der Waals surface area (Å²) in [6, 6.07) is 12.3. The average molecular weight is 583 g/mol. The smallest absolute Gasteiger partial charge is 0.336 e. The molecule has 0 radical (unpaired) electrons. The normalized spacial score (nSPS) is 15.1. The van der Waals surface area contributed by atoms with Crippen LogP contribution in [0.4, 0.5) is 23.7 Å². The van der Waals surface area contributed by atoms with Crippen LogP contribution in [0.3, 0.4) is 0 Å². The van der Waals surface area contributed by atoms with Gasteiger partial charge in [-0.05, 0) is 101 Å². The second kappa shape index (κ2) is 15.3. The van der Waals surface area contributed by atoms with Crippen molar-refractivity contribution in [1.29, 1.82) is 0 Å². The second-order valence-electron chi connectivity index (χ2n) is 10.8. The lowest BCUT2D eigenvalue weighted by Gasteiger charge is -2.37. The summed E-state index contributed by atoms with van der Waals surface area (Å²) in [5, 5.41) is 5.78. The van der Waals surface area contributed by atoms with E-state index in [1.165, 1.54) is 12.1 Å². The number of halogens is 4. The number of nitrogens with one attached hydrogen (secondary N) is 2. The monoisotopic (exact) mass is 582 g/mol. The molecule has 1 fully saturated rings. The van der Waals surface area contributed by atoms with Crippen molar-refractivity contribution in [3.8, 4) is 0 Å². The van der Waals surface area contributed by atoms with Crippen LogP contribution in [0.2, 0.25) is 0 Å². The Kier molecular flexibility index (Phi) is 12.8. The first-order chi connectivity index (χ1) is 18.5. The fourth-order valence-corrected chi connectivity index (χ4v) is 5.03. The summed E-state index contributed by atoms with van der Waals surface area (Å²) in [7, 11) is 0. The fourth-order valence-electron chi connectivity index (χ4n) is 5.03. The zero-order chi connectivity index (χ0) is 28.6. The van der Waals surface area contributed by atoms with Gasteiger partial charge < -0.3 is 20.4 Å². The van der Waals surface area contributed by atoms with Gasteiger partial charge in [-0.2, -0.15) is 13.2 Å². The van der Waals surface area contributed by atoms with Crippen LogP contribution in [-0.2, 0) is 12.6 Å². The number of likely N-dealkylation sites (tertiary alicyclic amines) is 1. The number of benzene rings is 2. The predicted octanol–water partition coefficient (Wildman–Crippen LogP) is 6.85. The predicted molar refractivity (Wildman–Crippen MR) is 156 cm³/mol. The molecule has 1 heterocycles. The molecule has 0 aliphatic carbocycles. The van der Waals surface area contributed by atoms with E-state index in [1.807, 2.05) is 36.9 Å². The molecule has 1 saturated heterocycles. The number of alkyl halides is 3. The summed E-state index contributed by atoms with van der Waals surface area (Å²) in [6.07, 6.45) is -0.607. The van der Waals surface area contributed by atoms with Gasteiger partial charge in [-0.3, -0.25) is 4.79 Å². The van der Waals surface area contributed by atoms with Gasteiger partial charge in [0, 0.05) is 43.0 Å². The number of piperidine rings is 1. The van der Waals surface area contributed by atoms with Crippen molar-refractivity contribution >= 4 is 30.0 Å². The largest absolute Gasteiger partial charge is 0.416 e. The van der Waals surface area contributed by atoms with Gasteiger partial charge in [0.2, 0.25) is 0 Å². The molecule has 222 valence electrons. The van der Waals surface area contributed by atoms with Gasteiger partial charge in [0.15, 0.2) is 0 Å². The first-order valence-corrected chi connectivity index (χ1v) is 13.8. The molecule has 1 aliphatic rings. The zero-order valence-corrected chi connectivity index (χ0v) is 24.6. The molecule has 3 amide bonds. The van der Waals surface area contributed by atoms with Crippen LogP contribution in [0.15, 0.2) is 48.5 Å². The third-order valence-corrected chi connectivity index (χ3v) is 7.13. The van der Waals surface area contributed by atoms with Crippen LogP contribution in [0.5, 0.6) is 0 Å². The molecule has 40 heavy (non-hydrogen) atoms. The Balaban J connectivity index is 0.00000560. The molecule has 3 rings (SSSR count). The molecular formula is C30H42ClF3N4O2. The maximum atomic E-state index is 12.8. The average Bonchev–Trinajstić information content (AvgIpc) is 2.88. The lowest BCUT2D eigenvalue weighted by atomic mass is 9.95. The van der Waals surface area contributed by atoms with Crippen molar-refractivity contribution in [3.63, 3.8) is 0 Å². The molecule has 0 spiro atoms. The topological polar surface area (TPSA) is 64.7 Å². The highest BCUT2D eigenvalue weighted by Gasteiger charge is 2.30. The molecule has 0 bridgehead atoms. The summed E-state index contributed by atoms with van der Waals surface area (Å²) in [5.41, 5.74) is 1.07. The van der Waals surface area contributed by atoms with E-state index in [0.29, 0.717) is 11.6 Å². The number of anilines is 1. The minimum absolute atomic E-state index is 0. The fraction of sp³-hybridized carbons (Fsp3) is 0.533. The summed E-state index contributed by atoms with van der Waals surface area (Å²) < 4.78 is 38.4. The van der Waals surface area contributed by atoms with Crippen molar-refractivity contribution in [2.75, 3.05) is 31.5 Å². The highest BCUT2D eigenvalue weighted by Crippen LogP contribution is 2.29. The van der Waals surface area contributed by atoms with Gasteiger partial charge in [-0.25, -0.2) is 4.79 Å². The van der Waals surface area contributed by atoms with Gasteiger partial charge in [0.25, 0.3) is 5.91 Å². The lowest BCUT2D eigenvalue weighted by molar-refractivity contribution is -0.137. The number of carbonyl (C=O) groups is 2. The first-order valence-electron chi connectivity index (χ1n) is 13.8. The molecule has 2 aromatic carbocycles. The van der Waals surface area contributed by atoms with Crippen LogP contribution >= 0.6 is 12.4 Å². The molecule has 1 atom stereocenters. The Morgan fingerprint density at radius 2 is 1.70 bits per heavy atom. The molecule has 2 aromatic rings. The number of rotatable bonds is 10. The molecular weight excluding hydrogens is 541 g/mol. The van der Waals surface area contributed by atoms with E-state index in [-0.39, 0.29) is 36.1 Å². The molecule has 1 aliphatic heterocycles. The van der Waals surface area contributed by atoms with Crippen LogP contribution in [-0.4, -0.2) is 60.0 Å². The van der Waals surface area contributed by atoms with E-state index in [9.17, 15) is 22.8 Å². The van der Waals surface area contributed by atoms with E-state index >= 15 is 0 Å². The molecule has 0 aromatic heterocycles. The number of nitrogens with zero attached hydrogens (tertiary/aromatic N) is 2. The molecule has 1 unspecified atom stereocenters. The van der Waals surface area contributed by atoms with Gasteiger partial charge in [-0.15, -0.1) is 12.4 Å². The Morgan fingerprint density at radius 3 is 2.27 bits per heavy atom. The van der Waals surface area contributed by atoms with Crippen LogP contribution in [0.1, 0.15) is 68.4 Å². The quantitative estimate of drug-likeness (QED) is 0.322. The summed E-state index contributed by atoms with van der Waals surface area (Å²) in [6.45, 7) is 11.9. The van der Waals surface area contributed by atoms with Gasteiger partial charge >= 0.3 is 12.2 Å². The standard InChI is InChI=1S/C30H41F3N4O2.ClH/c1-5-15-37(20-23-13-16-36(17-14-23)29(39)34-21(2)3)22(4)18-24-7-6-8-27(19-24)35-28(38)25-9-11-26(12-10-25)30(31,32)33;/h6-12,19,21-23H,5,13-18,20H2,1-4H3,(H,34,39)(H,35,38);1H. The van der Waals surface area contributed by atoms with E-state index < -0.39 is 17.6 Å². The Labute approximate surface area is 242 Å². The maximum absolute atomic E-state index is 12.8. The van der Waals surface area contributed by atoms with Crippen LogP contribution in [0.25, 0.3) is 0 Å². The second-order valence-corrected chi connectivity index (χ2v) is 10.8. The van der Waals surface area contributed by atoms with Crippen LogP contribution in [0, 0.1) is 5.92 Å². The Hall–Kier alpha value is -2.78. The van der Waals surface area contributed by atoms with E-state index in [4.69, 9.17) is 0 Å². The molecule has 10 heteroatoms. The maximum Gasteiger partial charge on any atom is 0.416 e. The lowest BCUT2D eigenvalue weighted by Crippen LogP contribution is -2.48. The third-order valence-electron chi connectivity index (χ3n) is 7.13. The van der Waals surface area contributed by atoms with E-state index in [1.54, 1.807) is 6.07 Å². The number of carbonyl (C=O) groups excluding carboxylic acids is 2. The number of hydrogen-bond acceptors (Lipinski definition) is 3. The van der Waals surface area contributed by atoms with Gasteiger partial charge in [0.05, 0.1) is 5.56 Å². The summed E-state index contributed by atoms with van der Waals surface area (Å²) in [4.78, 5) is 29.4. The van der Waals surface area contributed by atoms with Crippen LogP contribution < -0.4 is 10.6 Å². The Bertz CT molecular complexity index is 1090. The van der Waals surface area contributed by atoms with Crippen molar-refractivity contribution in [2.45, 2.75) is 71.6 Å². The van der Waals surface area contributed by atoms with E-state index in [0.717, 1.165) is 69.6 Å². The number of amides is 3. The minimum atomic E-state index is -4.44.